The van der Waals surface area contributed by atoms with E-state index in [1.54, 1.807) is 29.8 Å². The Morgan fingerprint density at radius 3 is 2.79 bits per heavy atom. The Labute approximate surface area is 176 Å². The molecule has 0 amide bonds. The van der Waals surface area contributed by atoms with Gasteiger partial charge in [-0.2, -0.15) is 0 Å². The molecule has 1 aliphatic heterocycles. The van der Waals surface area contributed by atoms with Gasteiger partial charge in [0.05, 0.1) is 5.39 Å². The van der Waals surface area contributed by atoms with Gasteiger partial charge in [0.2, 0.25) is 0 Å². The van der Waals surface area contributed by atoms with Gasteiger partial charge in [0, 0.05) is 30.6 Å². The van der Waals surface area contributed by atoms with Crippen LogP contribution in [0.4, 0.5) is 10.2 Å². The van der Waals surface area contributed by atoms with Crippen LogP contribution in [0.15, 0.2) is 36.7 Å². The second kappa shape index (κ2) is 9.18. The van der Waals surface area contributed by atoms with Crippen molar-refractivity contribution in [1.29, 1.82) is 0 Å². The molecule has 3 aromatic rings. The number of anilines is 1. The first-order valence-electron chi connectivity index (χ1n) is 10.5. The number of likely N-dealkylation sites (tertiary alicyclic amines) is 1. The van der Waals surface area contributed by atoms with Crippen molar-refractivity contribution < 1.29 is 4.39 Å². The van der Waals surface area contributed by atoms with Crippen molar-refractivity contribution in [3.63, 3.8) is 0 Å². The molecule has 1 aromatic carbocycles. The van der Waals surface area contributed by atoms with E-state index in [-0.39, 0.29) is 5.82 Å². The smallest absolute Gasteiger partial charge is 0.138 e. The molecule has 3 heterocycles. The number of benzene rings is 1. The van der Waals surface area contributed by atoms with Gasteiger partial charge in [-0.1, -0.05) is 26.0 Å². The topological polar surface area (TPSA) is 41.0 Å². The minimum absolute atomic E-state index is 0.147. The molecule has 0 unspecified atom stereocenters. The standard InChI is InChI=1S/C23H29FN4S/c1-16(2)12-20-14-21-22(25-15-26-23(21)29-20)27-19-7-10-28(11-8-19)9-6-17-4-3-5-18(24)13-17/h3-5,13-16,19H,6-12H2,1-2H3,(H,25,26,27). The maximum atomic E-state index is 13.3. The lowest BCUT2D eigenvalue weighted by molar-refractivity contribution is 0.221. The molecule has 1 saturated heterocycles. The number of piperidine rings is 1. The second-order valence-electron chi connectivity index (χ2n) is 8.39. The van der Waals surface area contributed by atoms with E-state index in [1.807, 2.05) is 6.07 Å². The summed E-state index contributed by atoms with van der Waals surface area (Å²) < 4.78 is 13.3. The van der Waals surface area contributed by atoms with Crippen molar-refractivity contribution >= 4 is 27.4 Å². The minimum Gasteiger partial charge on any atom is -0.367 e. The third-order valence-electron chi connectivity index (χ3n) is 5.52. The van der Waals surface area contributed by atoms with Crippen molar-refractivity contribution in [2.45, 2.75) is 45.6 Å². The van der Waals surface area contributed by atoms with Crippen LogP contribution >= 0.6 is 11.3 Å². The summed E-state index contributed by atoms with van der Waals surface area (Å²) in [6.45, 7) is 7.60. The highest BCUT2D eigenvalue weighted by Gasteiger charge is 2.20. The highest BCUT2D eigenvalue weighted by molar-refractivity contribution is 7.18. The van der Waals surface area contributed by atoms with Gasteiger partial charge in [-0.25, -0.2) is 14.4 Å². The molecule has 1 N–H and O–H groups in total. The Bertz CT molecular complexity index is 947. The van der Waals surface area contributed by atoms with Gasteiger partial charge in [-0.3, -0.25) is 0 Å². The van der Waals surface area contributed by atoms with Crippen molar-refractivity contribution in [3.8, 4) is 0 Å². The van der Waals surface area contributed by atoms with Gasteiger partial charge in [0.25, 0.3) is 0 Å². The van der Waals surface area contributed by atoms with Gasteiger partial charge in [-0.15, -0.1) is 11.3 Å². The van der Waals surface area contributed by atoms with Crippen LogP contribution in [0, 0.1) is 11.7 Å². The number of fused-ring (bicyclic) bond motifs is 1. The van der Waals surface area contributed by atoms with Crippen LogP contribution in [-0.2, 0) is 12.8 Å². The zero-order valence-corrected chi connectivity index (χ0v) is 18.0. The summed E-state index contributed by atoms with van der Waals surface area (Å²) in [4.78, 5) is 13.9. The van der Waals surface area contributed by atoms with E-state index in [0.717, 1.165) is 66.9 Å². The Morgan fingerprint density at radius 2 is 2.03 bits per heavy atom. The average molecular weight is 413 g/mol. The lowest BCUT2D eigenvalue weighted by Gasteiger charge is -2.32. The molecule has 4 rings (SSSR count). The summed E-state index contributed by atoms with van der Waals surface area (Å²) in [5.41, 5.74) is 1.07. The average Bonchev–Trinajstić information content (AvgIpc) is 3.10. The Kier molecular flexibility index (Phi) is 6.40. The third kappa shape index (κ3) is 5.31. The molecule has 29 heavy (non-hydrogen) atoms. The lowest BCUT2D eigenvalue weighted by Crippen LogP contribution is -2.40. The molecule has 0 atom stereocenters. The predicted octanol–water partition coefficient (Wildman–Crippen LogP) is 5.15. The summed E-state index contributed by atoms with van der Waals surface area (Å²) in [5, 5.41) is 4.83. The van der Waals surface area contributed by atoms with Gasteiger partial charge >= 0.3 is 0 Å². The molecule has 0 bridgehead atoms. The van der Waals surface area contributed by atoms with Crippen molar-refractivity contribution in [2.24, 2.45) is 5.92 Å². The maximum Gasteiger partial charge on any atom is 0.138 e. The van der Waals surface area contributed by atoms with E-state index < -0.39 is 0 Å². The lowest BCUT2D eigenvalue weighted by atomic mass is 10.0. The predicted molar refractivity (Wildman–Crippen MR) is 119 cm³/mol. The summed E-state index contributed by atoms with van der Waals surface area (Å²) in [5.74, 6) is 1.47. The van der Waals surface area contributed by atoms with Gasteiger partial charge in [0.1, 0.15) is 22.8 Å². The molecule has 154 valence electrons. The molecule has 4 nitrogen and oxygen atoms in total. The van der Waals surface area contributed by atoms with Crippen LogP contribution in [0.3, 0.4) is 0 Å². The molecule has 1 fully saturated rings. The highest BCUT2D eigenvalue weighted by Crippen LogP contribution is 2.30. The number of nitrogens with zero attached hydrogens (tertiary/aromatic N) is 3. The quantitative estimate of drug-likeness (QED) is 0.583. The second-order valence-corrected chi connectivity index (χ2v) is 9.51. The van der Waals surface area contributed by atoms with Gasteiger partial charge < -0.3 is 10.2 Å². The third-order valence-corrected chi connectivity index (χ3v) is 6.59. The summed E-state index contributed by atoms with van der Waals surface area (Å²) in [7, 11) is 0. The Balaban J connectivity index is 1.32. The highest BCUT2D eigenvalue weighted by atomic mass is 32.1. The van der Waals surface area contributed by atoms with Crippen LogP contribution < -0.4 is 5.32 Å². The van der Waals surface area contributed by atoms with E-state index in [0.29, 0.717) is 12.0 Å². The number of hydrogen-bond acceptors (Lipinski definition) is 5. The first-order valence-corrected chi connectivity index (χ1v) is 11.3. The molecule has 1 aliphatic rings. The van der Waals surface area contributed by atoms with E-state index in [1.165, 1.54) is 10.9 Å². The van der Waals surface area contributed by atoms with E-state index in [4.69, 9.17) is 0 Å². The number of nitrogens with one attached hydrogen (secondary N) is 1. The van der Waals surface area contributed by atoms with Crippen LogP contribution in [0.1, 0.15) is 37.1 Å². The Morgan fingerprint density at radius 1 is 1.21 bits per heavy atom. The van der Waals surface area contributed by atoms with Gasteiger partial charge in [-0.05, 0) is 55.4 Å². The van der Waals surface area contributed by atoms with Crippen LogP contribution in [0.2, 0.25) is 0 Å². The van der Waals surface area contributed by atoms with Crippen molar-refractivity contribution in [3.05, 3.63) is 52.9 Å². The maximum absolute atomic E-state index is 13.3. The van der Waals surface area contributed by atoms with E-state index >= 15 is 0 Å². The number of rotatable bonds is 7. The number of halogens is 1. The monoisotopic (exact) mass is 412 g/mol. The zero-order chi connectivity index (χ0) is 20.2. The fourth-order valence-corrected chi connectivity index (χ4v) is 5.20. The molecule has 0 radical (unpaired) electrons. The zero-order valence-electron chi connectivity index (χ0n) is 17.2. The van der Waals surface area contributed by atoms with Crippen LogP contribution in [0.25, 0.3) is 10.2 Å². The first-order chi connectivity index (χ1) is 14.1. The fourth-order valence-electron chi connectivity index (χ4n) is 4.00. The summed E-state index contributed by atoms with van der Waals surface area (Å²) >= 11 is 1.78. The minimum atomic E-state index is -0.147. The number of hydrogen-bond donors (Lipinski definition) is 1. The molecule has 0 aliphatic carbocycles. The first kappa shape index (κ1) is 20.2. The van der Waals surface area contributed by atoms with Crippen LogP contribution in [-0.4, -0.2) is 40.5 Å². The molecule has 0 spiro atoms. The Hall–Kier alpha value is -2.05. The fraction of sp³-hybridized carbons (Fsp3) is 0.478. The van der Waals surface area contributed by atoms with Gasteiger partial charge in [0.15, 0.2) is 0 Å². The van der Waals surface area contributed by atoms with Crippen molar-refractivity contribution in [2.75, 3.05) is 25.0 Å². The summed E-state index contributed by atoms with van der Waals surface area (Å²) in [6, 6.07) is 9.64. The normalized spacial score (nSPS) is 16.0. The number of thiophene rings is 1. The van der Waals surface area contributed by atoms with Crippen molar-refractivity contribution in [1.82, 2.24) is 14.9 Å². The van der Waals surface area contributed by atoms with E-state index in [2.05, 4.69) is 40.1 Å². The molecule has 2 aromatic heterocycles. The largest absolute Gasteiger partial charge is 0.367 e. The van der Waals surface area contributed by atoms with Crippen LogP contribution in [0.5, 0.6) is 0 Å². The molecular formula is C23H29FN4S. The number of aromatic nitrogens is 2. The molecule has 0 saturated carbocycles. The molecule has 6 heteroatoms. The molecular weight excluding hydrogens is 383 g/mol. The SMILES string of the molecule is CC(C)Cc1cc2c(NC3CCN(CCc4cccc(F)c4)CC3)ncnc2s1. The van der Waals surface area contributed by atoms with E-state index in [9.17, 15) is 4.39 Å². The summed E-state index contributed by atoms with van der Waals surface area (Å²) in [6.07, 6.45) is 5.85.